The number of ketones is 1. The molecule has 6 nitrogen and oxygen atoms in total. The third-order valence-corrected chi connectivity index (χ3v) is 7.47. The quantitative estimate of drug-likeness (QED) is 0.147. The van der Waals surface area contributed by atoms with Crippen LogP contribution in [-0.4, -0.2) is 15.8 Å². The molecule has 0 aliphatic rings. The van der Waals surface area contributed by atoms with Crippen molar-refractivity contribution >= 4 is 22.3 Å². The topological polar surface area (TPSA) is 102 Å². The summed E-state index contributed by atoms with van der Waals surface area (Å²) < 4.78 is 5.57. The van der Waals surface area contributed by atoms with Gasteiger partial charge in [-0.25, -0.2) is 4.98 Å². The fourth-order valence-corrected chi connectivity index (χ4v) is 5.48. The summed E-state index contributed by atoms with van der Waals surface area (Å²) in [5.41, 5.74) is 6.96. The Labute approximate surface area is 212 Å². The Morgan fingerprint density at radius 2 is 1.66 bits per heavy atom. The van der Waals surface area contributed by atoms with Crippen molar-refractivity contribution in [2.75, 3.05) is 5.73 Å². The second-order valence-electron chi connectivity index (χ2n) is 9.28. The van der Waals surface area contributed by atoms with E-state index in [0.717, 1.165) is 17.7 Å². The van der Waals surface area contributed by atoms with Gasteiger partial charge in [0.1, 0.15) is 5.69 Å². The summed E-state index contributed by atoms with van der Waals surface area (Å²) in [5, 5.41) is 0.417. The van der Waals surface area contributed by atoms with Gasteiger partial charge >= 0.3 is 0 Å². The third kappa shape index (κ3) is 8.49. The van der Waals surface area contributed by atoms with E-state index in [1.807, 2.05) is 6.07 Å². The molecular formula is C28H39N3O3S. The fourth-order valence-electron chi connectivity index (χ4n) is 4.51. The molecule has 0 aliphatic heterocycles. The van der Waals surface area contributed by atoms with E-state index in [1.54, 1.807) is 18.4 Å². The van der Waals surface area contributed by atoms with Gasteiger partial charge in [-0.2, -0.15) is 0 Å². The van der Waals surface area contributed by atoms with Crippen molar-refractivity contribution in [1.82, 2.24) is 9.97 Å². The predicted octanol–water partition coefficient (Wildman–Crippen LogP) is 7.73. The summed E-state index contributed by atoms with van der Waals surface area (Å²) in [6, 6.07) is 6.62. The molecule has 0 bridgehead atoms. The van der Waals surface area contributed by atoms with E-state index >= 15 is 0 Å². The van der Waals surface area contributed by atoms with Crippen LogP contribution >= 0.6 is 11.3 Å². The van der Waals surface area contributed by atoms with E-state index in [0.29, 0.717) is 28.6 Å². The number of aromatic nitrogens is 2. The maximum atomic E-state index is 13.5. The van der Waals surface area contributed by atoms with Crippen LogP contribution in [0.2, 0.25) is 0 Å². The van der Waals surface area contributed by atoms with Gasteiger partial charge < -0.3 is 15.1 Å². The number of nitrogen functional groups attached to an aromatic ring is 1. The molecule has 0 aliphatic carbocycles. The number of hydrogen-bond donors (Lipinski definition) is 2. The Balaban J connectivity index is 1.55. The number of nitrogens with two attached hydrogens (primary N) is 1. The molecule has 0 spiro atoms. The molecule has 0 amide bonds. The van der Waals surface area contributed by atoms with Crippen LogP contribution in [0.5, 0.6) is 0 Å². The van der Waals surface area contributed by atoms with Gasteiger partial charge in [-0.1, -0.05) is 84.0 Å². The van der Waals surface area contributed by atoms with Gasteiger partial charge in [-0.05, 0) is 24.6 Å². The molecule has 1 atom stereocenters. The first kappa shape index (κ1) is 26.9. The highest BCUT2D eigenvalue weighted by Gasteiger charge is 2.29. The SMILES string of the molecule is CCCCCCCCCCCCCCC(C(=O)c1ccc(=O)[nH]c1)c1sc(N)nc1-c1ccco1. The molecule has 0 saturated carbocycles. The highest BCUT2D eigenvalue weighted by molar-refractivity contribution is 7.16. The smallest absolute Gasteiger partial charge is 0.247 e. The van der Waals surface area contributed by atoms with Crippen molar-refractivity contribution in [3.63, 3.8) is 0 Å². The molecule has 3 rings (SSSR count). The first-order valence-corrected chi connectivity index (χ1v) is 13.9. The minimum absolute atomic E-state index is 0.0271. The minimum atomic E-state index is -0.376. The van der Waals surface area contributed by atoms with Crippen LogP contribution in [0.15, 0.2) is 45.9 Å². The third-order valence-electron chi connectivity index (χ3n) is 6.47. The summed E-state index contributed by atoms with van der Waals surface area (Å²) in [4.78, 5) is 32.9. The number of thiazole rings is 1. The van der Waals surface area contributed by atoms with E-state index in [2.05, 4.69) is 16.9 Å². The number of aromatic amines is 1. The van der Waals surface area contributed by atoms with E-state index in [9.17, 15) is 9.59 Å². The molecule has 7 heteroatoms. The molecule has 190 valence electrons. The van der Waals surface area contributed by atoms with E-state index in [4.69, 9.17) is 10.2 Å². The lowest BCUT2D eigenvalue weighted by molar-refractivity contribution is 0.0955. The largest absolute Gasteiger partial charge is 0.463 e. The summed E-state index contributed by atoms with van der Waals surface area (Å²) in [6.07, 6.45) is 19.0. The van der Waals surface area contributed by atoms with Crippen LogP contribution in [0.3, 0.4) is 0 Å². The Morgan fingerprint density at radius 1 is 1.00 bits per heavy atom. The Bertz CT molecular complexity index is 1050. The standard InChI is InChI=1S/C28H39N3O3S/c1-2-3-4-5-6-7-8-9-10-11-12-13-15-22(26(33)21-17-18-24(32)30-20-21)27-25(31-28(29)35-27)23-16-14-19-34-23/h14,16-20,22H,2-13,15H2,1H3,(H2,29,31)(H,30,32). The Morgan fingerprint density at radius 3 is 2.23 bits per heavy atom. The van der Waals surface area contributed by atoms with Gasteiger partial charge in [0.2, 0.25) is 5.56 Å². The van der Waals surface area contributed by atoms with Crippen LogP contribution < -0.4 is 11.3 Å². The number of carbonyl (C=O) groups excluding carboxylic acids is 1. The van der Waals surface area contributed by atoms with Crippen molar-refractivity contribution < 1.29 is 9.21 Å². The zero-order chi connectivity index (χ0) is 24.9. The number of H-pyrrole nitrogens is 1. The lowest BCUT2D eigenvalue weighted by Crippen LogP contribution is -2.15. The van der Waals surface area contributed by atoms with Crippen molar-refractivity contribution in [3.05, 3.63) is 57.5 Å². The van der Waals surface area contributed by atoms with Crippen LogP contribution in [-0.2, 0) is 0 Å². The zero-order valence-electron chi connectivity index (χ0n) is 20.9. The molecule has 3 aromatic rings. The van der Waals surface area contributed by atoms with Gasteiger partial charge in [-0.3, -0.25) is 9.59 Å². The summed E-state index contributed by atoms with van der Waals surface area (Å²) in [5.74, 6) is 0.210. The molecule has 0 fully saturated rings. The van der Waals surface area contributed by atoms with E-state index in [1.165, 1.54) is 87.8 Å². The summed E-state index contributed by atoms with van der Waals surface area (Å²) in [7, 11) is 0. The minimum Gasteiger partial charge on any atom is -0.463 e. The number of rotatable bonds is 17. The number of carbonyl (C=O) groups is 1. The normalized spacial score (nSPS) is 12.1. The summed E-state index contributed by atoms with van der Waals surface area (Å²) in [6.45, 7) is 2.26. The number of nitrogens with one attached hydrogen (secondary N) is 1. The van der Waals surface area contributed by atoms with Crippen molar-refractivity contribution in [2.24, 2.45) is 0 Å². The number of nitrogens with zero attached hydrogens (tertiary/aromatic N) is 1. The van der Waals surface area contributed by atoms with Crippen LogP contribution in [0.25, 0.3) is 11.5 Å². The maximum Gasteiger partial charge on any atom is 0.247 e. The van der Waals surface area contributed by atoms with Gasteiger partial charge in [0, 0.05) is 22.7 Å². The number of anilines is 1. The molecule has 3 N–H and O–H groups in total. The Kier molecular flexibility index (Phi) is 11.3. The molecule has 0 radical (unpaired) electrons. The van der Waals surface area contributed by atoms with Crippen molar-refractivity contribution in [2.45, 2.75) is 96.3 Å². The molecule has 3 aromatic heterocycles. The van der Waals surface area contributed by atoms with Gasteiger partial charge in [0.15, 0.2) is 16.7 Å². The second-order valence-corrected chi connectivity index (χ2v) is 10.3. The lowest BCUT2D eigenvalue weighted by Gasteiger charge is -2.15. The number of unbranched alkanes of at least 4 members (excludes halogenated alkanes) is 11. The van der Waals surface area contributed by atoms with E-state index in [-0.39, 0.29) is 17.3 Å². The summed E-state index contributed by atoms with van der Waals surface area (Å²) >= 11 is 1.34. The fraction of sp³-hybridized carbons (Fsp3) is 0.536. The number of furan rings is 1. The molecule has 1 unspecified atom stereocenters. The number of hydrogen-bond acceptors (Lipinski definition) is 6. The number of pyridine rings is 1. The molecule has 0 aromatic carbocycles. The highest BCUT2D eigenvalue weighted by Crippen LogP contribution is 2.39. The molecule has 35 heavy (non-hydrogen) atoms. The van der Waals surface area contributed by atoms with Gasteiger partial charge in [-0.15, -0.1) is 11.3 Å². The molecular weight excluding hydrogens is 458 g/mol. The first-order chi connectivity index (χ1) is 17.1. The zero-order valence-corrected chi connectivity index (χ0v) is 21.7. The average Bonchev–Trinajstić information content (AvgIpc) is 3.52. The van der Waals surface area contributed by atoms with E-state index < -0.39 is 0 Å². The van der Waals surface area contributed by atoms with Gasteiger partial charge in [0.25, 0.3) is 0 Å². The van der Waals surface area contributed by atoms with Crippen LogP contribution in [0, 0.1) is 0 Å². The average molecular weight is 498 g/mol. The highest BCUT2D eigenvalue weighted by atomic mass is 32.1. The maximum absolute atomic E-state index is 13.5. The predicted molar refractivity (Wildman–Crippen MR) is 144 cm³/mol. The monoisotopic (exact) mass is 497 g/mol. The van der Waals surface area contributed by atoms with Gasteiger partial charge in [0.05, 0.1) is 12.2 Å². The molecule has 0 saturated heterocycles. The second kappa shape index (κ2) is 14.7. The molecule has 3 heterocycles. The van der Waals surface area contributed by atoms with Crippen molar-refractivity contribution in [3.8, 4) is 11.5 Å². The van der Waals surface area contributed by atoms with Crippen molar-refractivity contribution in [1.29, 1.82) is 0 Å². The Hall–Kier alpha value is -2.67. The first-order valence-electron chi connectivity index (χ1n) is 13.1. The lowest BCUT2D eigenvalue weighted by atomic mass is 9.90. The van der Waals surface area contributed by atoms with Crippen LogP contribution in [0.1, 0.15) is 112 Å². The number of Topliss-reactive ketones (excluding diaryl/α,β-unsaturated/α-hetero) is 1. The van der Waals surface area contributed by atoms with Crippen LogP contribution in [0.4, 0.5) is 5.13 Å².